The molecule has 16 heavy (non-hydrogen) atoms. The van der Waals surface area contributed by atoms with Gasteiger partial charge in [0, 0.05) is 11.6 Å². The van der Waals surface area contributed by atoms with E-state index in [2.05, 4.69) is 15.0 Å². The fraction of sp³-hybridized carbons (Fsp3) is 0.0833. The van der Waals surface area contributed by atoms with E-state index in [0.29, 0.717) is 11.8 Å². The number of hydrogen-bond donors (Lipinski definition) is 1. The third-order valence-electron chi connectivity index (χ3n) is 2.17. The van der Waals surface area contributed by atoms with Crippen molar-refractivity contribution in [2.75, 3.05) is 0 Å². The molecule has 2 aromatic rings. The molecule has 0 atom stereocenters. The van der Waals surface area contributed by atoms with Gasteiger partial charge in [0.15, 0.2) is 0 Å². The van der Waals surface area contributed by atoms with E-state index in [-0.39, 0.29) is 0 Å². The molecule has 4 heteroatoms. The van der Waals surface area contributed by atoms with Crippen LogP contribution >= 0.6 is 0 Å². The highest BCUT2D eigenvalue weighted by Gasteiger charge is 2.06. The molecule has 3 N–H and O–H groups in total. The molecule has 0 fully saturated rings. The van der Waals surface area contributed by atoms with E-state index in [1.807, 2.05) is 31.2 Å². The Labute approximate surface area is 93.9 Å². The van der Waals surface area contributed by atoms with Gasteiger partial charge in [-0.25, -0.2) is 4.98 Å². The van der Waals surface area contributed by atoms with Gasteiger partial charge in [0.2, 0.25) is 5.84 Å². The minimum atomic E-state index is 0.454. The number of nitrogens with zero attached hydrogens (tertiary/aromatic N) is 2. The van der Waals surface area contributed by atoms with E-state index in [0.717, 1.165) is 5.56 Å². The molecule has 0 amide bonds. The zero-order chi connectivity index (χ0) is 11.4. The number of H-pyrrole nitrogens is 1. The highest BCUT2D eigenvalue weighted by molar-refractivity contribution is 5.98. The van der Waals surface area contributed by atoms with E-state index < -0.39 is 0 Å². The van der Waals surface area contributed by atoms with Gasteiger partial charge in [-0.05, 0) is 19.1 Å². The molecule has 0 bridgehead atoms. The number of aromatic amines is 1. The maximum Gasteiger partial charge on any atom is 0.432 e. The van der Waals surface area contributed by atoms with Crippen LogP contribution in [0.4, 0.5) is 5.95 Å². The zero-order valence-electron chi connectivity index (χ0n) is 9.01. The van der Waals surface area contributed by atoms with Crippen molar-refractivity contribution in [3.63, 3.8) is 0 Å². The second-order valence-electron chi connectivity index (χ2n) is 3.47. The van der Waals surface area contributed by atoms with Crippen molar-refractivity contribution in [1.82, 2.24) is 4.98 Å². The van der Waals surface area contributed by atoms with Crippen LogP contribution in [0.15, 0.2) is 47.7 Å². The highest BCUT2D eigenvalue weighted by atomic mass is 15.1. The number of nitrogens with two attached hydrogens (primary N) is 1. The van der Waals surface area contributed by atoms with Crippen molar-refractivity contribution >= 4 is 11.8 Å². The number of aliphatic imine (C=N–C) groups is 1. The summed E-state index contributed by atoms with van der Waals surface area (Å²) in [6.07, 6.45) is 3.42. The van der Waals surface area contributed by atoms with Gasteiger partial charge >= 0.3 is 5.95 Å². The molecule has 0 aliphatic rings. The van der Waals surface area contributed by atoms with Crippen LogP contribution in [-0.4, -0.2) is 10.8 Å². The molecule has 0 unspecified atom stereocenters. The smallest absolute Gasteiger partial charge is 0.369 e. The van der Waals surface area contributed by atoms with E-state index in [9.17, 15) is 0 Å². The predicted molar refractivity (Wildman–Crippen MR) is 62.4 cm³/mol. The van der Waals surface area contributed by atoms with Gasteiger partial charge < -0.3 is 5.73 Å². The molecule has 2 rings (SSSR count). The summed E-state index contributed by atoms with van der Waals surface area (Å²) in [6.45, 7) is 2.03. The average Bonchev–Trinajstić information content (AvgIpc) is 2.31. The molecule has 0 saturated heterocycles. The molecule has 0 aliphatic carbocycles. The number of rotatable bonds is 2. The van der Waals surface area contributed by atoms with Crippen molar-refractivity contribution in [2.24, 2.45) is 10.7 Å². The Kier molecular flexibility index (Phi) is 2.91. The van der Waals surface area contributed by atoms with Crippen molar-refractivity contribution in [3.8, 4) is 0 Å². The lowest BCUT2D eigenvalue weighted by atomic mass is 10.1. The summed E-state index contributed by atoms with van der Waals surface area (Å²) in [6, 6.07) is 9.68. The molecular weight excluding hydrogens is 200 g/mol. The molecular formula is C12H13N4+. The summed E-state index contributed by atoms with van der Waals surface area (Å²) in [5.41, 5.74) is 7.96. The minimum Gasteiger partial charge on any atom is -0.369 e. The molecule has 0 aliphatic heterocycles. The minimum absolute atomic E-state index is 0.454. The Bertz CT molecular complexity index is 488. The first-order valence-electron chi connectivity index (χ1n) is 4.99. The van der Waals surface area contributed by atoms with Crippen molar-refractivity contribution in [1.29, 1.82) is 0 Å². The average molecular weight is 213 g/mol. The number of benzene rings is 1. The summed E-state index contributed by atoms with van der Waals surface area (Å²) in [4.78, 5) is 11.1. The molecule has 4 nitrogen and oxygen atoms in total. The van der Waals surface area contributed by atoms with E-state index in [1.54, 1.807) is 18.5 Å². The van der Waals surface area contributed by atoms with Crippen LogP contribution < -0.4 is 10.7 Å². The topological polar surface area (TPSA) is 65.4 Å². The third-order valence-corrected chi connectivity index (χ3v) is 2.17. The van der Waals surface area contributed by atoms with Gasteiger partial charge in [0.05, 0.1) is 6.20 Å². The maximum atomic E-state index is 5.87. The lowest BCUT2D eigenvalue weighted by molar-refractivity contribution is -0.366. The quantitative estimate of drug-likeness (QED) is 0.602. The number of nitrogens with one attached hydrogen (secondary N) is 1. The van der Waals surface area contributed by atoms with Crippen molar-refractivity contribution in [2.45, 2.75) is 6.92 Å². The van der Waals surface area contributed by atoms with Gasteiger partial charge in [-0.15, -0.1) is 0 Å². The highest BCUT2D eigenvalue weighted by Crippen LogP contribution is 2.04. The van der Waals surface area contributed by atoms with Gasteiger partial charge in [0.25, 0.3) is 0 Å². The SMILES string of the molecule is Cc1ccc(C(N)=Nc2nccc[nH+]2)cc1. The van der Waals surface area contributed by atoms with Crippen molar-refractivity contribution in [3.05, 3.63) is 53.9 Å². The summed E-state index contributed by atoms with van der Waals surface area (Å²) >= 11 is 0. The Hall–Kier alpha value is -2.23. The normalized spacial score (nSPS) is 11.4. The zero-order valence-corrected chi connectivity index (χ0v) is 9.01. The van der Waals surface area contributed by atoms with Crippen LogP contribution in [-0.2, 0) is 0 Å². The summed E-state index contributed by atoms with van der Waals surface area (Å²) in [7, 11) is 0. The lowest BCUT2D eigenvalue weighted by Gasteiger charge is -1.96. The number of aromatic nitrogens is 2. The first kappa shape index (κ1) is 10.3. The number of hydrogen-bond acceptors (Lipinski definition) is 2. The Morgan fingerprint density at radius 3 is 2.69 bits per heavy atom. The largest absolute Gasteiger partial charge is 0.432 e. The molecule has 0 saturated carbocycles. The van der Waals surface area contributed by atoms with Gasteiger partial charge in [-0.2, -0.15) is 0 Å². The second kappa shape index (κ2) is 4.53. The molecule has 1 aromatic carbocycles. The van der Waals surface area contributed by atoms with Gasteiger partial charge in [-0.1, -0.05) is 27.7 Å². The fourth-order valence-electron chi connectivity index (χ4n) is 1.28. The monoisotopic (exact) mass is 213 g/mol. The molecule has 1 aromatic heterocycles. The van der Waals surface area contributed by atoms with E-state index >= 15 is 0 Å². The maximum absolute atomic E-state index is 5.87. The molecule has 0 spiro atoms. The van der Waals surface area contributed by atoms with Gasteiger partial charge in [0.1, 0.15) is 6.20 Å². The Balaban J connectivity index is 2.28. The summed E-state index contributed by atoms with van der Waals surface area (Å²) < 4.78 is 0. The van der Waals surface area contributed by atoms with Crippen LogP contribution in [0.5, 0.6) is 0 Å². The van der Waals surface area contributed by atoms with Crippen LogP contribution in [0.3, 0.4) is 0 Å². The standard InChI is InChI=1S/C12H12N4/c1-9-3-5-10(6-4-9)11(13)16-12-14-7-2-8-15-12/h2-8H,1H3,(H2,13,14,15,16)/p+1. The number of aryl methyl sites for hydroxylation is 1. The molecule has 0 radical (unpaired) electrons. The first-order chi connectivity index (χ1) is 7.75. The van der Waals surface area contributed by atoms with Crippen LogP contribution in [0.25, 0.3) is 0 Å². The van der Waals surface area contributed by atoms with E-state index in [1.165, 1.54) is 5.56 Å². The number of amidine groups is 1. The lowest BCUT2D eigenvalue weighted by Crippen LogP contribution is -2.15. The second-order valence-corrected chi connectivity index (χ2v) is 3.47. The van der Waals surface area contributed by atoms with Gasteiger partial charge in [-0.3, -0.25) is 0 Å². The summed E-state index contributed by atoms with van der Waals surface area (Å²) in [5, 5.41) is 0. The first-order valence-corrected chi connectivity index (χ1v) is 4.99. The fourth-order valence-corrected chi connectivity index (χ4v) is 1.28. The Morgan fingerprint density at radius 2 is 2.06 bits per heavy atom. The molecule has 1 heterocycles. The van der Waals surface area contributed by atoms with Crippen molar-refractivity contribution < 1.29 is 4.98 Å². The molecule has 80 valence electrons. The van der Waals surface area contributed by atoms with Crippen LogP contribution in [0, 0.1) is 6.92 Å². The van der Waals surface area contributed by atoms with Crippen LogP contribution in [0.2, 0.25) is 0 Å². The van der Waals surface area contributed by atoms with Crippen LogP contribution in [0.1, 0.15) is 11.1 Å². The summed E-state index contributed by atoms with van der Waals surface area (Å²) in [5.74, 6) is 0.954. The third kappa shape index (κ3) is 2.42. The predicted octanol–water partition coefficient (Wildman–Crippen LogP) is 1.24. The Morgan fingerprint density at radius 1 is 1.31 bits per heavy atom. The van der Waals surface area contributed by atoms with E-state index in [4.69, 9.17) is 5.73 Å².